The fraction of sp³-hybridized carbons (Fsp3) is 0.348. The molecule has 7 heteroatoms. The summed E-state index contributed by atoms with van der Waals surface area (Å²) in [6, 6.07) is 13.2. The molecule has 1 heterocycles. The van der Waals surface area contributed by atoms with Crippen LogP contribution in [0, 0.1) is 11.3 Å². The van der Waals surface area contributed by atoms with Gasteiger partial charge in [-0.3, -0.25) is 4.79 Å². The Labute approximate surface area is 175 Å². The number of hydrogen-bond donors (Lipinski definition) is 2. The van der Waals surface area contributed by atoms with Crippen LogP contribution in [0.5, 0.6) is 5.75 Å². The lowest BCUT2D eigenvalue weighted by molar-refractivity contribution is -0.138. The van der Waals surface area contributed by atoms with Crippen molar-refractivity contribution in [3.63, 3.8) is 0 Å². The van der Waals surface area contributed by atoms with E-state index in [0.29, 0.717) is 42.1 Å². The molecule has 1 atom stereocenters. The third-order valence-corrected chi connectivity index (χ3v) is 5.16. The molecule has 2 aromatic carbocycles. The summed E-state index contributed by atoms with van der Waals surface area (Å²) < 4.78 is 5.91. The highest BCUT2D eigenvalue weighted by Gasteiger charge is 2.25. The first kappa shape index (κ1) is 21.2. The Hall–Kier alpha value is -3.53. The van der Waals surface area contributed by atoms with Crippen molar-refractivity contribution in [1.82, 2.24) is 4.90 Å². The van der Waals surface area contributed by atoms with Gasteiger partial charge in [-0.25, -0.2) is 4.79 Å². The van der Waals surface area contributed by atoms with Crippen LogP contribution in [0.25, 0.3) is 0 Å². The molecular weight excluding hydrogens is 382 g/mol. The molecule has 30 heavy (non-hydrogen) atoms. The molecule has 0 bridgehead atoms. The first-order chi connectivity index (χ1) is 14.5. The van der Waals surface area contributed by atoms with Crippen LogP contribution in [0.2, 0.25) is 0 Å². The van der Waals surface area contributed by atoms with Crippen molar-refractivity contribution in [3.05, 3.63) is 59.2 Å². The molecule has 3 rings (SSSR count). The second-order valence-electron chi connectivity index (χ2n) is 7.16. The molecule has 0 saturated carbocycles. The van der Waals surface area contributed by atoms with Crippen LogP contribution in [0.3, 0.4) is 0 Å². The fourth-order valence-corrected chi connectivity index (χ4v) is 3.46. The van der Waals surface area contributed by atoms with Crippen molar-refractivity contribution in [3.8, 4) is 11.8 Å². The number of amides is 1. The van der Waals surface area contributed by atoms with Gasteiger partial charge < -0.3 is 20.1 Å². The standard InChI is InChI=1S/C23H25N3O4/c1-2-16-7-10-20(30-13-12-26-11-3-4-21(26)27)19(14-16)22(23(28)29)25-18-8-5-17(15-24)6-9-18/h5-10,14,22,25H,2-4,11-13H2,1H3,(H,28,29)/t22-/m1/s1. The molecule has 1 aliphatic rings. The number of aryl methyl sites for hydroxylation is 1. The van der Waals surface area contributed by atoms with E-state index in [2.05, 4.69) is 5.32 Å². The van der Waals surface area contributed by atoms with Crippen LogP contribution in [-0.2, 0) is 16.0 Å². The average Bonchev–Trinajstić information content (AvgIpc) is 3.17. The first-order valence-electron chi connectivity index (χ1n) is 10.0. The Balaban J connectivity index is 1.80. The van der Waals surface area contributed by atoms with Gasteiger partial charge in [-0.1, -0.05) is 13.0 Å². The number of benzene rings is 2. The zero-order valence-corrected chi connectivity index (χ0v) is 16.9. The fourth-order valence-electron chi connectivity index (χ4n) is 3.46. The predicted octanol–water partition coefficient (Wildman–Crippen LogP) is 3.36. The van der Waals surface area contributed by atoms with Gasteiger partial charge in [-0.15, -0.1) is 0 Å². The van der Waals surface area contributed by atoms with E-state index < -0.39 is 12.0 Å². The molecule has 2 N–H and O–H groups in total. The van der Waals surface area contributed by atoms with Crippen LogP contribution < -0.4 is 10.1 Å². The summed E-state index contributed by atoms with van der Waals surface area (Å²) in [5.74, 6) is -0.425. The van der Waals surface area contributed by atoms with E-state index >= 15 is 0 Å². The lowest BCUT2D eigenvalue weighted by atomic mass is 10.0. The molecule has 2 aromatic rings. The molecule has 0 spiro atoms. The highest BCUT2D eigenvalue weighted by Crippen LogP contribution is 2.30. The smallest absolute Gasteiger partial charge is 0.330 e. The minimum atomic E-state index is -1.04. The number of aliphatic carboxylic acids is 1. The van der Waals surface area contributed by atoms with Crippen LogP contribution in [0.15, 0.2) is 42.5 Å². The number of hydrogen-bond acceptors (Lipinski definition) is 5. The van der Waals surface area contributed by atoms with Gasteiger partial charge in [0.25, 0.3) is 0 Å². The molecule has 1 aliphatic heterocycles. The van der Waals surface area contributed by atoms with Crippen molar-refractivity contribution in [2.45, 2.75) is 32.2 Å². The van der Waals surface area contributed by atoms with Gasteiger partial charge in [0.1, 0.15) is 12.4 Å². The Bertz CT molecular complexity index is 950. The average molecular weight is 407 g/mol. The highest BCUT2D eigenvalue weighted by molar-refractivity contribution is 5.80. The number of carbonyl (C=O) groups excluding carboxylic acids is 1. The van der Waals surface area contributed by atoms with Crippen molar-refractivity contribution in [2.75, 3.05) is 25.0 Å². The molecule has 7 nitrogen and oxygen atoms in total. The number of anilines is 1. The van der Waals surface area contributed by atoms with Crippen LogP contribution in [0.4, 0.5) is 5.69 Å². The minimum Gasteiger partial charge on any atom is -0.491 e. The monoisotopic (exact) mass is 407 g/mol. The van der Waals surface area contributed by atoms with Crippen LogP contribution in [0.1, 0.15) is 42.5 Å². The SMILES string of the molecule is CCc1ccc(OCCN2CCCC2=O)c([C@@H](Nc2ccc(C#N)cc2)C(=O)O)c1. The maximum atomic E-state index is 12.1. The van der Waals surface area contributed by atoms with E-state index in [9.17, 15) is 14.7 Å². The third kappa shape index (κ3) is 5.09. The molecular formula is C23H25N3O4. The van der Waals surface area contributed by atoms with Crippen molar-refractivity contribution in [2.24, 2.45) is 0 Å². The summed E-state index contributed by atoms with van der Waals surface area (Å²) in [6.45, 7) is 3.52. The van der Waals surface area contributed by atoms with Gasteiger partial charge in [0.05, 0.1) is 18.2 Å². The van der Waals surface area contributed by atoms with Crippen molar-refractivity contribution in [1.29, 1.82) is 5.26 Å². The van der Waals surface area contributed by atoms with E-state index in [1.807, 2.05) is 25.1 Å². The first-order valence-corrected chi connectivity index (χ1v) is 10.0. The zero-order valence-electron chi connectivity index (χ0n) is 16.9. The molecule has 0 aromatic heterocycles. The van der Waals surface area contributed by atoms with Gasteiger partial charge in [-0.2, -0.15) is 5.26 Å². The van der Waals surface area contributed by atoms with E-state index in [-0.39, 0.29) is 5.91 Å². The largest absolute Gasteiger partial charge is 0.491 e. The predicted molar refractivity (Wildman–Crippen MR) is 112 cm³/mol. The summed E-state index contributed by atoms with van der Waals surface area (Å²) in [4.78, 5) is 25.6. The molecule has 1 saturated heterocycles. The Morgan fingerprint density at radius 2 is 2.07 bits per heavy atom. The normalized spacial score (nSPS) is 14.3. The van der Waals surface area contributed by atoms with E-state index in [0.717, 1.165) is 24.9 Å². The topological polar surface area (TPSA) is 103 Å². The summed E-state index contributed by atoms with van der Waals surface area (Å²) in [5.41, 5.74) is 2.62. The highest BCUT2D eigenvalue weighted by atomic mass is 16.5. The van der Waals surface area contributed by atoms with Crippen LogP contribution >= 0.6 is 0 Å². The molecule has 0 radical (unpaired) electrons. The van der Waals surface area contributed by atoms with E-state index in [4.69, 9.17) is 10.00 Å². The number of ether oxygens (including phenoxy) is 1. The maximum absolute atomic E-state index is 12.1. The number of carbonyl (C=O) groups is 2. The number of carboxylic acids is 1. The Kier molecular flexibility index (Phi) is 6.91. The summed E-state index contributed by atoms with van der Waals surface area (Å²) in [6.07, 6.45) is 2.20. The van der Waals surface area contributed by atoms with E-state index in [1.54, 1.807) is 35.2 Å². The van der Waals surface area contributed by atoms with Crippen molar-refractivity contribution >= 4 is 17.6 Å². The molecule has 156 valence electrons. The summed E-state index contributed by atoms with van der Waals surface area (Å²) in [7, 11) is 0. The number of rotatable bonds is 9. The van der Waals surface area contributed by atoms with E-state index in [1.165, 1.54) is 0 Å². The van der Waals surface area contributed by atoms with Gasteiger partial charge in [0.2, 0.25) is 5.91 Å². The number of nitrogens with one attached hydrogen (secondary N) is 1. The third-order valence-electron chi connectivity index (χ3n) is 5.16. The quantitative estimate of drug-likeness (QED) is 0.661. The zero-order chi connectivity index (χ0) is 21.5. The summed E-state index contributed by atoms with van der Waals surface area (Å²) in [5, 5.41) is 21.9. The molecule has 0 unspecified atom stereocenters. The number of nitriles is 1. The van der Waals surface area contributed by atoms with Crippen LogP contribution in [-0.4, -0.2) is 41.6 Å². The number of nitrogens with zero attached hydrogens (tertiary/aromatic N) is 2. The second-order valence-corrected chi connectivity index (χ2v) is 7.16. The van der Waals surface area contributed by atoms with Gasteiger partial charge in [-0.05, 0) is 54.8 Å². The summed E-state index contributed by atoms with van der Waals surface area (Å²) >= 11 is 0. The lowest BCUT2D eigenvalue weighted by Crippen LogP contribution is -2.29. The van der Waals surface area contributed by atoms with Gasteiger partial charge >= 0.3 is 5.97 Å². The molecule has 1 amide bonds. The Morgan fingerprint density at radius 3 is 2.67 bits per heavy atom. The molecule has 0 aliphatic carbocycles. The maximum Gasteiger partial charge on any atom is 0.330 e. The number of likely N-dealkylation sites (tertiary alicyclic amines) is 1. The Morgan fingerprint density at radius 1 is 1.30 bits per heavy atom. The lowest BCUT2D eigenvalue weighted by Gasteiger charge is -2.22. The molecule has 1 fully saturated rings. The van der Waals surface area contributed by atoms with Crippen molar-refractivity contribution < 1.29 is 19.4 Å². The number of carboxylic acid groups (broad SMARTS) is 1. The minimum absolute atomic E-state index is 0.131. The second kappa shape index (κ2) is 9.79. The van der Waals surface area contributed by atoms with Gasteiger partial charge in [0, 0.05) is 24.2 Å². The van der Waals surface area contributed by atoms with Gasteiger partial charge in [0.15, 0.2) is 6.04 Å².